The molecule has 0 atom stereocenters. The van der Waals surface area contributed by atoms with Crippen molar-refractivity contribution in [2.24, 2.45) is 5.41 Å². The molecule has 4 nitrogen and oxygen atoms in total. The third kappa shape index (κ3) is 11.4. The zero-order valence-corrected chi connectivity index (χ0v) is 20.4. The SMILES string of the molecule is CC(CCC(=O)O)(C(=O)[C]1[CH][CH][CH][CH]1)C(=O)[C]1[CH][CH][CH][CH]1.[CH]1[CH][CH][CH][CH]1.[CH]1[CH][CH][CH][CH]1.[Fe+2].[Fe+2]. The first-order valence-corrected chi connectivity index (χ1v) is 10.0. The van der Waals surface area contributed by atoms with Gasteiger partial charge in [-0.3, -0.25) is 14.4 Å². The predicted octanol–water partition coefficient (Wildman–Crippen LogP) is 3.84. The van der Waals surface area contributed by atoms with Gasteiger partial charge in [-0.2, -0.15) is 0 Å². The molecule has 0 aliphatic heterocycles. The van der Waals surface area contributed by atoms with Crippen LogP contribution in [-0.2, 0) is 48.5 Å². The van der Waals surface area contributed by atoms with Gasteiger partial charge >= 0.3 is 40.1 Å². The van der Waals surface area contributed by atoms with Gasteiger partial charge in [0.25, 0.3) is 0 Å². The number of carbonyl (C=O) groups is 3. The van der Waals surface area contributed by atoms with E-state index >= 15 is 0 Å². The van der Waals surface area contributed by atoms with E-state index in [9.17, 15) is 14.4 Å². The molecular formula is C27H26Fe2O4+4. The van der Waals surface area contributed by atoms with E-state index in [-0.39, 0.29) is 58.5 Å². The second kappa shape index (κ2) is 18.2. The van der Waals surface area contributed by atoms with Crippen LogP contribution in [0.4, 0.5) is 0 Å². The molecule has 4 saturated carbocycles. The fourth-order valence-corrected chi connectivity index (χ4v) is 3.02. The van der Waals surface area contributed by atoms with Crippen LogP contribution >= 0.6 is 0 Å². The first-order valence-electron chi connectivity index (χ1n) is 10.0. The normalized spacial score (nSPS) is 20.5. The van der Waals surface area contributed by atoms with E-state index in [1.165, 1.54) is 6.92 Å². The summed E-state index contributed by atoms with van der Waals surface area (Å²) in [7, 11) is 0. The van der Waals surface area contributed by atoms with Crippen molar-refractivity contribution in [2.45, 2.75) is 19.8 Å². The predicted molar refractivity (Wildman–Crippen MR) is 119 cm³/mol. The molecule has 4 aliphatic rings. The molecule has 0 amide bonds. The molecule has 0 heterocycles. The number of aliphatic carboxylic acids is 1. The van der Waals surface area contributed by atoms with E-state index in [2.05, 4.69) is 0 Å². The Morgan fingerprint density at radius 2 is 0.879 bits per heavy atom. The monoisotopic (exact) mass is 526 g/mol. The topological polar surface area (TPSA) is 71.4 Å². The van der Waals surface area contributed by atoms with Crippen LogP contribution in [0.2, 0.25) is 0 Å². The first kappa shape index (κ1) is 32.8. The summed E-state index contributed by atoms with van der Waals surface area (Å²) in [5, 5.41) is 8.88. The minimum atomic E-state index is -1.36. The fraction of sp³-hybridized carbons (Fsp3) is 0.148. The quantitative estimate of drug-likeness (QED) is 0.405. The number of rotatable bonds is 7. The second-order valence-electron chi connectivity index (χ2n) is 7.16. The molecule has 4 fully saturated rings. The summed E-state index contributed by atoms with van der Waals surface area (Å²) in [4.78, 5) is 36.2. The van der Waals surface area contributed by atoms with Crippen LogP contribution in [0.1, 0.15) is 19.8 Å². The molecule has 4 aliphatic carbocycles. The number of hydrogen-bond donors (Lipinski definition) is 1. The Hall–Kier alpha value is -0.151. The van der Waals surface area contributed by atoms with Gasteiger partial charge in [0.1, 0.15) is 0 Å². The van der Waals surface area contributed by atoms with Crippen molar-refractivity contribution in [2.75, 3.05) is 0 Å². The van der Waals surface area contributed by atoms with Gasteiger partial charge in [-0.1, -0.05) is 0 Å². The van der Waals surface area contributed by atoms with E-state index in [1.807, 2.05) is 64.2 Å². The number of carboxylic acids is 1. The van der Waals surface area contributed by atoms with Gasteiger partial charge < -0.3 is 5.11 Å². The van der Waals surface area contributed by atoms with Crippen LogP contribution in [0.3, 0.4) is 0 Å². The number of Topliss-reactive ketones (excluding diaryl/α,β-unsaturated/α-hetero) is 2. The molecule has 0 spiro atoms. The third-order valence-electron chi connectivity index (χ3n) is 4.80. The summed E-state index contributed by atoms with van der Waals surface area (Å²) in [5.41, 5.74) is -1.36. The molecule has 6 heteroatoms. The average Bonchev–Trinajstić information content (AvgIpc) is 3.59. The summed E-state index contributed by atoms with van der Waals surface area (Å²) in [6.07, 6.45) is 33.2. The Kier molecular flexibility index (Phi) is 18.1. The number of carbonyl (C=O) groups excluding carboxylic acids is 2. The standard InChI is InChI=1S/C17H16O4.2C5H5.2Fe/c1-17(11-10-14(18)19,15(20)12-6-2-3-7-12)16(21)13-8-4-5-9-13;2*1-2-4-5-3-1;;/h2-9H,10-11H2,1H3,(H,18,19);2*1-5H;;/q;;;2*+2. The van der Waals surface area contributed by atoms with E-state index in [4.69, 9.17) is 5.11 Å². The molecule has 0 unspecified atom stereocenters. The number of carboxylic acid groups (broad SMARTS) is 1. The molecule has 0 aromatic carbocycles. The minimum Gasteiger partial charge on any atom is -0.481 e. The minimum absolute atomic E-state index is 0. The molecule has 0 bridgehead atoms. The maximum absolute atomic E-state index is 12.7. The maximum Gasteiger partial charge on any atom is 2.00 e. The van der Waals surface area contributed by atoms with Gasteiger partial charge in [-0.25, -0.2) is 0 Å². The van der Waals surface area contributed by atoms with E-state index in [1.54, 1.807) is 51.4 Å². The molecule has 1 N–H and O–H groups in total. The maximum atomic E-state index is 12.7. The van der Waals surface area contributed by atoms with Crippen molar-refractivity contribution < 1.29 is 53.6 Å². The Labute approximate surface area is 223 Å². The van der Waals surface area contributed by atoms with Gasteiger partial charge in [-0.15, -0.1) is 0 Å². The van der Waals surface area contributed by atoms with Crippen molar-refractivity contribution in [1.29, 1.82) is 0 Å². The van der Waals surface area contributed by atoms with Crippen LogP contribution in [-0.4, -0.2) is 22.6 Å². The van der Waals surface area contributed by atoms with E-state index < -0.39 is 11.4 Å². The van der Waals surface area contributed by atoms with Gasteiger partial charge in [0.05, 0.1) is 5.41 Å². The van der Waals surface area contributed by atoms with Crippen molar-refractivity contribution in [3.05, 3.63) is 127 Å². The Morgan fingerprint density at radius 3 is 1.12 bits per heavy atom. The average molecular weight is 526 g/mol. The van der Waals surface area contributed by atoms with Crippen LogP contribution < -0.4 is 0 Å². The van der Waals surface area contributed by atoms with Gasteiger partial charge in [0.2, 0.25) is 0 Å². The number of ketones is 2. The van der Waals surface area contributed by atoms with Crippen LogP contribution in [0.25, 0.3) is 0 Å². The summed E-state index contributed by atoms with van der Waals surface area (Å²) >= 11 is 0. The zero-order chi connectivity index (χ0) is 22.5. The molecule has 4 rings (SSSR count). The molecule has 0 saturated heterocycles. The fourth-order valence-electron chi connectivity index (χ4n) is 3.02. The summed E-state index contributed by atoms with van der Waals surface area (Å²) in [6.45, 7) is 1.53. The largest absolute Gasteiger partial charge is 2.00 e. The summed E-state index contributed by atoms with van der Waals surface area (Å²) in [5.74, 6) is -0.822. The van der Waals surface area contributed by atoms with Gasteiger partial charge in [-0.05, 0) is 129 Å². The van der Waals surface area contributed by atoms with Crippen LogP contribution in [0.15, 0.2) is 0 Å². The van der Waals surface area contributed by atoms with E-state index in [0.717, 1.165) is 0 Å². The summed E-state index contributed by atoms with van der Waals surface area (Å²) in [6, 6.07) is 0. The molecule has 0 aromatic rings. The van der Waals surface area contributed by atoms with Gasteiger partial charge in [0.15, 0.2) is 11.6 Å². The zero-order valence-electron chi connectivity index (χ0n) is 18.2. The molecule has 0 aromatic heterocycles. The van der Waals surface area contributed by atoms with E-state index in [0.29, 0.717) is 11.8 Å². The van der Waals surface area contributed by atoms with Gasteiger partial charge in [0, 0.05) is 18.3 Å². The Morgan fingerprint density at radius 1 is 0.606 bits per heavy atom. The van der Waals surface area contributed by atoms with Crippen molar-refractivity contribution >= 4 is 17.5 Å². The van der Waals surface area contributed by atoms with Crippen molar-refractivity contribution in [3.8, 4) is 0 Å². The van der Waals surface area contributed by atoms with Crippen LogP contribution in [0.5, 0.6) is 0 Å². The van der Waals surface area contributed by atoms with Crippen LogP contribution in [0, 0.1) is 133 Å². The molecule has 20 radical (unpaired) electrons. The molecular weight excluding hydrogens is 500 g/mol. The number of hydrogen-bond acceptors (Lipinski definition) is 3. The van der Waals surface area contributed by atoms with Crippen molar-refractivity contribution in [1.82, 2.24) is 0 Å². The molecule has 33 heavy (non-hydrogen) atoms. The summed E-state index contributed by atoms with van der Waals surface area (Å²) < 4.78 is 0. The smallest absolute Gasteiger partial charge is 0.481 e. The second-order valence-corrected chi connectivity index (χ2v) is 7.16. The van der Waals surface area contributed by atoms with Crippen molar-refractivity contribution in [3.63, 3.8) is 0 Å². The molecule has 170 valence electrons. The third-order valence-corrected chi connectivity index (χ3v) is 4.80. The Balaban J connectivity index is 0.000000701. The Bertz CT molecular complexity index is 505. The first-order chi connectivity index (χ1) is 14.9.